The fourth-order valence-electron chi connectivity index (χ4n) is 2.79. The number of nitrogens with zero attached hydrogens (tertiary/aromatic N) is 1. The average molecular weight is 271 g/mol. The smallest absolute Gasteiger partial charge is 0.0540 e. The van der Waals surface area contributed by atoms with Gasteiger partial charge in [0.05, 0.1) is 6.61 Å². The first kappa shape index (κ1) is 15.1. The number of piperidine rings is 1. The predicted octanol–water partition coefficient (Wildman–Crippen LogP) is 3.04. The zero-order valence-corrected chi connectivity index (χ0v) is 12.4. The van der Waals surface area contributed by atoms with Crippen LogP contribution in [0.4, 0.5) is 0 Å². The summed E-state index contributed by atoms with van der Waals surface area (Å²) in [7, 11) is 0. The van der Waals surface area contributed by atoms with Gasteiger partial charge in [-0.3, -0.25) is 4.90 Å². The molecule has 0 aromatic heterocycles. The predicted molar refractivity (Wildman–Crippen MR) is 83.3 cm³/mol. The summed E-state index contributed by atoms with van der Waals surface area (Å²) in [4.78, 5) is 2.54. The summed E-state index contributed by atoms with van der Waals surface area (Å²) in [6, 6.07) is 8.38. The minimum atomic E-state index is 0.139. The Morgan fingerprint density at radius 3 is 2.70 bits per heavy atom. The summed E-state index contributed by atoms with van der Waals surface area (Å²) >= 11 is 0. The highest BCUT2D eigenvalue weighted by atomic mass is 16.2. The van der Waals surface area contributed by atoms with Crippen molar-refractivity contribution >= 4 is 0 Å². The van der Waals surface area contributed by atoms with Crippen LogP contribution in [0.1, 0.15) is 43.7 Å². The first-order chi connectivity index (χ1) is 9.83. The fraction of sp³-hybridized carbons (Fsp3) is 0.556. The molecule has 1 aliphatic rings. The molecule has 20 heavy (non-hydrogen) atoms. The minimum absolute atomic E-state index is 0.139. The molecule has 0 saturated carbocycles. The molecule has 2 nitrogen and oxygen atoms in total. The number of aliphatic hydroxyl groups excluding tert-OH is 1. The van der Waals surface area contributed by atoms with Crippen molar-refractivity contribution in [1.29, 1.82) is 0 Å². The fourth-order valence-corrected chi connectivity index (χ4v) is 2.79. The van der Waals surface area contributed by atoms with Gasteiger partial charge in [0, 0.05) is 18.5 Å². The Bertz CT molecular complexity index is 464. The number of likely N-dealkylation sites (tertiary alicyclic amines) is 1. The first-order valence-corrected chi connectivity index (χ1v) is 7.73. The van der Waals surface area contributed by atoms with Crippen LogP contribution < -0.4 is 0 Å². The molecule has 0 amide bonds. The van der Waals surface area contributed by atoms with Crippen molar-refractivity contribution in [3.05, 3.63) is 35.4 Å². The van der Waals surface area contributed by atoms with E-state index in [1.807, 2.05) is 6.07 Å². The van der Waals surface area contributed by atoms with Crippen LogP contribution in [0.5, 0.6) is 0 Å². The molecule has 0 bridgehead atoms. The van der Waals surface area contributed by atoms with Gasteiger partial charge in [0.2, 0.25) is 0 Å². The number of hydrogen-bond donors (Lipinski definition) is 1. The van der Waals surface area contributed by atoms with Crippen molar-refractivity contribution in [3.8, 4) is 11.8 Å². The van der Waals surface area contributed by atoms with Gasteiger partial charge in [0.15, 0.2) is 0 Å². The Morgan fingerprint density at radius 2 is 2.00 bits per heavy atom. The van der Waals surface area contributed by atoms with E-state index in [-0.39, 0.29) is 6.61 Å². The number of hydrogen-bond acceptors (Lipinski definition) is 2. The molecule has 1 N–H and O–H groups in total. The Hall–Kier alpha value is -1.30. The van der Waals surface area contributed by atoms with E-state index in [2.05, 4.69) is 41.9 Å². The maximum atomic E-state index is 8.81. The summed E-state index contributed by atoms with van der Waals surface area (Å²) in [5.41, 5.74) is 2.42. The second kappa shape index (κ2) is 8.09. The van der Waals surface area contributed by atoms with E-state index in [1.54, 1.807) is 0 Å². The zero-order valence-electron chi connectivity index (χ0n) is 12.4. The van der Waals surface area contributed by atoms with E-state index in [1.165, 1.54) is 37.9 Å². The van der Waals surface area contributed by atoms with Gasteiger partial charge < -0.3 is 5.11 Å². The highest BCUT2D eigenvalue weighted by molar-refractivity contribution is 5.41. The van der Waals surface area contributed by atoms with Crippen LogP contribution in [0.2, 0.25) is 0 Å². The van der Waals surface area contributed by atoms with E-state index >= 15 is 0 Å². The molecular formula is C18H25NO. The van der Waals surface area contributed by atoms with Gasteiger partial charge in [0.25, 0.3) is 0 Å². The summed E-state index contributed by atoms with van der Waals surface area (Å²) in [5.74, 6) is 7.14. The number of aliphatic hydroxyl groups is 1. The molecule has 0 spiro atoms. The number of benzene rings is 1. The molecule has 1 saturated heterocycles. The second-order valence-electron chi connectivity index (χ2n) is 5.56. The minimum Gasteiger partial charge on any atom is -0.395 e. The SMILES string of the molecule is CCC1CCN(Cc2ccccc2C#CCCO)CC1. The first-order valence-electron chi connectivity index (χ1n) is 7.73. The summed E-state index contributed by atoms with van der Waals surface area (Å²) < 4.78 is 0. The molecule has 108 valence electrons. The molecule has 1 fully saturated rings. The maximum absolute atomic E-state index is 8.81. The third kappa shape index (κ3) is 4.37. The summed E-state index contributed by atoms with van der Waals surface area (Å²) in [6.45, 7) is 5.85. The molecule has 1 aliphatic heterocycles. The molecule has 1 aromatic rings. The van der Waals surface area contributed by atoms with Crippen molar-refractivity contribution < 1.29 is 5.11 Å². The lowest BCUT2D eigenvalue weighted by atomic mass is 9.94. The third-order valence-electron chi connectivity index (χ3n) is 4.16. The highest BCUT2D eigenvalue weighted by Gasteiger charge is 2.18. The average Bonchev–Trinajstić information content (AvgIpc) is 2.50. The maximum Gasteiger partial charge on any atom is 0.0540 e. The highest BCUT2D eigenvalue weighted by Crippen LogP contribution is 2.22. The largest absolute Gasteiger partial charge is 0.395 e. The third-order valence-corrected chi connectivity index (χ3v) is 4.16. The standard InChI is InChI=1S/C18H25NO/c1-2-16-10-12-19(13-11-16)15-18-9-4-3-7-17(18)8-5-6-14-20/h3-4,7,9,16,20H,2,6,10-15H2,1H3. The number of rotatable bonds is 4. The lowest BCUT2D eigenvalue weighted by molar-refractivity contribution is 0.175. The van der Waals surface area contributed by atoms with Crippen LogP contribution in [0, 0.1) is 17.8 Å². The summed E-state index contributed by atoms with van der Waals surface area (Å²) in [6.07, 6.45) is 4.52. The van der Waals surface area contributed by atoms with Crippen LogP contribution in [0.15, 0.2) is 24.3 Å². The van der Waals surface area contributed by atoms with Crippen molar-refractivity contribution in [2.75, 3.05) is 19.7 Å². The van der Waals surface area contributed by atoms with E-state index in [9.17, 15) is 0 Å². The molecule has 1 aromatic carbocycles. The molecule has 1 heterocycles. The van der Waals surface area contributed by atoms with Crippen molar-refractivity contribution in [2.24, 2.45) is 5.92 Å². The van der Waals surface area contributed by atoms with Gasteiger partial charge >= 0.3 is 0 Å². The molecule has 0 aliphatic carbocycles. The summed E-state index contributed by atoms with van der Waals surface area (Å²) in [5, 5.41) is 8.81. The Morgan fingerprint density at radius 1 is 1.25 bits per heavy atom. The van der Waals surface area contributed by atoms with Gasteiger partial charge in [0.1, 0.15) is 0 Å². The van der Waals surface area contributed by atoms with Crippen LogP contribution >= 0.6 is 0 Å². The van der Waals surface area contributed by atoms with E-state index < -0.39 is 0 Å². The van der Waals surface area contributed by atoms with Gasteiger partial charge in [-0.2, -0.15) is 0 Å². The Balaban J connectivity index is 1.98. The van der Waals surface area contributed by atoms with Gasteiger partial charge in [-0.25, -0.2) is 0 Å². The van der Waals surface area contributed by atoms with E-state index in [0.717, 1.165) is 18.0 Å². The molecule has 2 heteroatoms. The Labute approximate surface area is 122 Å². The van der Waals surface area contributed by atoms with Crippen LogP contribution in [0.25, 0.3) is 0 Å². The van der Waals surface area contributed by atoms with Crippen LogP contribution in [-0.2, 0) is 6.54 Å². The van der Waals surface area contributed by atoms with Crippen LogP contribution in [-0.4, -0.2) is 29.7 Å². The lowest BCUT2D eigenvalue weighted by Gasteiger charge is -2.31. The quantitative estimate of drug-likeness (QED) is 0.851. The lowest BCUT2D eigenvalue weighted by Crippen LogP contribution is -2.33. The van der Waals surface area contributed by atoms with Gasteiger partial charge in [-0.1, -0.05) is 43.4 Å². The van der Waals surface area contributed by atoms with E-state index in [0.29, 0.717) is 6.42 Å². The van der Waals surface area contributed by atoms with Gasteiger partial charge in [-0.15, -0.1) is 0 Å². The zero-order chi connectivity index (χ0) is 14.2. The second-order valence-corrected chi connectivity index (χ2v) is 5.56. The van der Waals surface area contributed by atoms with Crippen molar-refractivity contribution in [2.45, 2.75) is 39.2 Å². The molecule has 0 atom stereocenters. The molecular weight excluding hydrogens is 246 g/mol. The van der Waals surface area contributed by atoms with Crippen LogP contribution in [0.3, 0.4) is 0 Å². The van der Waals surface area contributed by atoms with E-state index in [4.69, 9.17) is 5.11 Å². The topological polar surface area (TPSA) is 23.5 Å². The van der Waals surface area contributed by atoms with Crippen molar-refractivity contribution in [1.82, 2.24) is 4.90 Å². The molecule has 2 rings (SSSR count). The van der Waals surface area contributed by atoms with Crippen molar-refractivity contribution in [3.63, 3.8) is 0 Å². The monoisotopic (exact) mass is 271 g/mol. The normalized spacial score (nSPS) is 16.7. The molecule has 0 unspecified atom stereocenters. The van der Waals surface area contributed by atoms with Gasteiger partial charge in [-0.05, 0) is 43.5 Å². The molecule has 0 radical (unpaired) electrons. The Kier molecular flexibility index (Phi) is 6.11.